The molecule has 1 aromatic carbocycles. The van der Waals surface area contributed by atoms with Gasteiger partial charge in [-0.1, -0.05) is 12.1 Å². The fraction of sp³-hybridized carbons (Fsp3) is 0.250. The second kappa shape index (κ2) is 6.26. The predicted octanol–water partition coefficient (Wildman–Crippen LogP) is 1.66. The molecular weight excluding hydrogens is 266 g/mol. The van der Waals surface area contributed by atoms with Gasteiger partial charge in [0.2, 0.25) is 0 Å². The van der Waals surface area contributed by atoms with Crippen LogP contribution in [0.5, 0.6) is 0 Å². The Morgan fingerprint density at radius 3 is 2.38 bits per heavy atom. The zero-order valence-electron chi connectivity index (χ0n) is 12.5. The highest BCUT2D eigenvalue weighted by Crippen LogP contribution is 2.10. The van der Waals surface area contributed by atoms with Crippen molar-refractivity contribution in [2.45, 2.75) is 6.54 Å². The summed E-state index contributed by atoms with van der Waals surface area (Å²) in [5.74, 6) is -0.146. The quantitative estimate of drug-likeness (QED) is 0.929. The average molecular weight is 285 g/mol. The van der Waals surface area contributed by atoms with Crippen LogP contribution in [0.1, 0.15) is 26.4 Å². The first-order chi connectivity index (χ1) is 10.0. The molecule has 0 saturated heterocycles. The summed E-state index contributed by atoms with van der Waals surface area (Å²) >= 11 is 0. The van der Waals surface area contributed by atoms with Gasteiger partial charge in [-0.25, -0.2) is 0 Å². The van der Waals surface area contributed by atoms with E-state index in [4.69, 9.17) is 0 Å². The zero-order chi connectivity index (χ0) is 15.4. The SMILES string of the molecule is CNC(=O)c1ccc(CN(C)C(=O)c2cccn2C)cc1. The molecule has 0 unspecified atom stereocenters. The second-order valence-corrected chi connectivity index (χ2v) is 4.94. The van der Waals surface area contributed by atoms with Crippen molar-refractivity contribution in [3.8, 4) is 0 Å². The molecule has 0 radical (unpaired) electrons. The van der Waals surface area contributed by atoms with Crippen LogP contribution in [-0.2, 0) is 13.6 Å². The van der Waals surface area contributed by atoms with Crippen molar-refractivity contribution in [3.05, 3.63) is 59.4 Å². The lowest BCUT2D eigenvalue weighted by Crippen LogP contribution is -2.27. The number of aromatic nitrogens is 1. The number of nitrogens with one attached hydrogen (secondary N) is 1. The molecule has 0 atom stereocenters. The van der Waals surface area contributed by atoms with Crippen LogP contribution < -0.4 is 5.32 Å². The maximum absolute atomic E-state index is 12.3. The molecule has 0 aliphatic carbocycles. The van der Waals surface area contributed by atoms with E-state index in [2.05, 4.69) is 5.32 Å². The van der Waals surface area contributed by atoms with E-state index in [0.29, 0.717) is 17.8 Å². The van der Waals surface area contributed by atoms with Crippen molar-refractivity contribution in [3.63, 3.8) is 0 Å². The molecule has 1 aromatic heterocycles. The Morgan fingerprint density at radius 2 is 1.86 bits per heavy atom. The highest BCUT2D eigenvalue weighted by Gasteiger charge is 2.14. The van der Waals surface area contributed by atoms with E-state index in [1.807, 2.05) is 31.4 Å². The van der Waals surface area contributed by atoms with Crippen molar-refractivity contribution in [1.82, 2.24) is 14.8 Å². The van der Waals surface area contributed by atoms with Crippen LogP contribution >= 0.6 is 0 Å². The molecule has 1 heterocycles. The van der Waals surface area contributed by atoms with Gasteiger partial charge in [0.15, 0.2) is 0 Å². The van der Waals surface area contributed by atoms with Gasteiger partial charge in [0.05, 0.1) is 0 Å². The number of hydrogen-bond acceptors (Lipinski definition) is 2. The first-order valence-corrected chi connectivity index (χ1v) is 6.70. The van der Waals surface area contributed by atoms with Crippen molar-refractivity contribution in [1.29, 1.82) is 0 Å². The minimum atomic E-state index is -0.116. The molecular formula is C16H19N3O2. The fourth-order valence-electron chi connectivity index (χ4n) is 2.13. The monoisotopic (exact) mass is 285 g/mol. The van der Waals surface area contributed by atoms with E-state index < -0.39 is 0 Å². The van der Waals surface area contributed by atoms with E-state index in [9.17, 15) is 9.59 Å². The average Bonchev–Trinajstić information content (AvgIpc) is 2.92. The second-order valence-electron chi connectivity index (χ2n) is 4.94. The topological polar surface area (TPSA) is 54.3 Å². The largest absolute Gasteiger partial charge is 0.355 e. The summed E-state index contributed by atoms with van der Waals surface area (Å²) in [5.41, 5.74) is 2.24. The Morgan fingerprint density at radius 1 is 1.19 bits per heavy atom. The van der Waals surface area contributed by atoms with Gasteiger partial charge in [-0.15, -0.1) is 0 Å². The van der Waals surface area contributed by atoms with Gasteiger partial charge in [-0.3, -0.25) is 9.59 Å². The van der Waals surface area contributed by atoms with Gasteiger partial charge in [-0.05, 0) is 29.8 Å². The van der Waals surface area contributed by atoms with Crippen molar-refractivity contribution in [2.24, 2.45) is 7.05 Å². The van der Waals surface area contributed by atoms with Gasteiger partial charge in [0.1, 0.15) is 5.69 Å². The smallest absolute Gasteiger partial charge is 0.270 e. The minimum Gasteiger partial charge on any atom is -0.355 e. The summed E-state index contributed by atoms with van der Waals surface area (Å²) in [6, 6.07) is 10.9. The normalized spacial score (nSPS) is 10.2. The molecule has 2 amide bonds. The number of carbonyl (C=O) groups is 2. The molecule has 0 fully saturated rings. The van der Waals surface area contributed by atoms with Crippen LogP contribution in [0.25, 0.3) is 0 Å². The molecule has 21 heavy (non-hydrogen) atoms. The van der Waals surface area contributed by atoms with Crippen molar-refractivity contribution < 1.29 is 9.59 Å². The van der Waals surface area contributed by atoms with E-state index in [-0.39, 0.29) is 11.8 Å². The van der Waals surface area contributed by atoms with Gasteiger partial charge < -0.3 is 14.8 Å². The third-order valence-corrected chi connectivity index (χ3v) is 3.37. The third-order valence-electron chi connectivity index (χ3n) is 3.37. The Bertz CT molecular complexity index is 644. The number of nitrogens with zero attached hydrogens (tertiary/aromatic N) is 2. The molecule has 1 N–H and O–H groups in total. The number of benzene rings is 1. The van der Waals surface area contributed by atoms with E-state index in [0.717, 1.165) is 5.56 Å². The molecule has 0 aliphatic heterocycles. The number of amides is 2. The van der Waals surface area contributed by atoms with Crippen molar-refractivity contribution in [2.75, 3.05) is 14.1 Å². The molecule has 5 nitrogen and oxygen atoms in total. The molecule has 2 rings (SSSR count). The van der Waals surface area contributed by atoms with Gasteiger partial charge >= 0.3 is 0 Å². The standard InChI is InChI=1S/C16H19N3O2/c1-17-15(20)13-8-6-12(7-9-13)11-19(3)16(21)14-5-4-10-18(14)2/h4-10H,11H2,1-3H3,(H,17,20). The lowest BCUT2D eigenvalue weighted by molar-refractivity contribution is 0.0775. The van der Waals surface area contributed by atoms with Crippen LogP contribution in [0.4, 0.5) is 0 Å². The number of aryl methyl sites for hydroxylation is 1. The van der Waals surface area contributed by atoms with Crippen LogP contribution in [0.3, 0.4) is 0 Å². The van der Waals surface area contributed by atoms with Crippen LogP contribution in [0.2, 0.25) is 0 Å². The summed E-state index contributed by atoms with van der Waals surface area (Å²) in [4.78, 5) is 25.4. The summed E-state index contributed by atoms with van der Waals surface area (Å²) in [5, 5.41) is 2.58. The Hall–Kier alpha value is -2.56. The molecule has 0 spiro atoms. The van der Waals surface area contributed by atoms with Crippen molar-refractivity contribution >= 4 is 11.8 Å². The number of rotatable bonds is 4. The molecule has 2 aromatic rings. The maximum Gasteiger partial charge on any atom is 0.270 e. The highest BCUT2D eigenvalue weighted by molar-refractivity contribution is 5.94. The third kappa shape index (κ3) is 3.31. The highest BCUT2D eigenvalue weighted by atomic mass is 16.2. The Kier molecular flexibility index (Phi) is 4.42. The Balaban J connectivity index is 2.06. The van der Waals surface area contributed by atoms with Gasteiger partial charge in [0, 0.05) is 39.4 Å². The molecule has 110 valence electrons. The number of carbonyl (C=O) groups excluding carboxylic acids is 2. The van der Waals surface area contributed by atoms with E-state index in [1.54, 1.807) is 41.8 Å². The number of hydrogen-bond donors (Lipinski definition) is 1. The molecule has 5 heteroatoms. The zero-order valence-corrected chi connectivity index (χ0v) is 12.5. The first kappa shape index (κ1) is 14.8. The maximum atomic E-state index is 12.3. The van der Waals surface area contributed by atoms with E-state index in [1.165, 1.54) is 0 Å². The summed E-state index contributed by atoms with van der Waals surface area (Å²) in [6.45, 7) is 0.498. The summed E-state index contributed by atoms with van der Waals surface area (Å²) < 4.78 is 1.80. The van der Waals surface area contributed by atoms with Crippen LogP contribution in [-0.4, -0.2) is 35.4 Å². The van der Waals surface area contributed by atoms with E-state index >= 15 is 0 Å². The first-order valence-electron chi connectivity index (χ1n) is 6.70. The summed E-state index contributed by atoms with van der Waals surface area (Å²) in [6.07, 6.45) is 1.85. The van der Waals surface area contributed by atoms with Gasteiger partial charge in [0.25, 0.3) is 11.8 Å². The van der Waals surface area contributed by atoms with Gasteiger partial charge in [-0.2, -0.15) is 0 Å². The lowest BCUT2D eigenvalue weighted by atomic mass is 10.1. The van der Waals surface area contributed by atoms with Crippen LogP contribution in [0.15, 0.2) is 42.6 Å². The molecule has 0 bridgehead atoms. The fourth-order valence-corrected chi connectivity index (χ4v) is 2.13. The Labute approximate surface area is 124 Å². The predicted molar refractivity (Wildman–Crippen MR) is 81.0 cm³/mol. The lowest BCUT2D eigenvalue weighted by Gasteiger charge is -2.17. The van der Waals surface area contributed by atoms with Crippen LogP contribution in [0, 0.1) is 0 Å². The molecule has 0 aliphatic rings. The minimum absolute atomic E-state index is 0.0297. The summed E-state index contributed by atoms with van der Waals surface area (Å²) in [7, 11) is 5.21. The molecule has 0 saturated carbocycles.